The average Bonchev–Trinajstić information content (AvgIpc) is 2.83. The summed E-state index contributed by atoms with van der Waals surface area (Å²) in [5.41, 5.74) is 1.74. The van der Waals surface area contributed by atoms with Gasteiger partial charge < -0.3 is 15.2 Å². The van der Waals surface area contributed by atoms with Crippen molar-refractivity contribution in [3.63, 3.8) is 0 Å². The van der Waals surface area contributed by atoms with Gasteiger partial charge in [0.25, 0.3) is 0 Å². The van der Waals surface area contributed by atoms with Gasteiger partial charge in [-0.2, -0.15) is 5.10 Å². The van der Waals surface area contributed by atoms with Gasteiger partial charge in [-0.25, -0.2) is 9.48 Å². The summed E-state index contributed by atoms with van der Waals surface area (Å²) in [6, 6.07) is 9.10. The van der Waals surface area contributed by atoms with E-state index in [1.54, 1.807) is 4.68 Å². The Bertz CT molecular complexity index is 732. The van der Waals surface area contributed by atoms with Gasteiger partial charge in [0.1, 0.15) is 11.6 Å². The number of nitrogens with one attached hydrogen (secondary N) is 1. The van der Waals surface area contributed by atoms with Crippen LogP contribution in [0.3, 0.4) is 0 Å². The maximum atomic E-state index is 12.5. The van der Waals surface area contributed by atoms with E-state index in [2.05, 4.69) is 10.4 Å². The number of nitrogens with zero attached hydrogens (tertiary/aromatic N) is 2. The summed E-state index contributed by atoms with van der Waals surface area (Å²) < 4.78 is 7.01. The highest BCUT2D eigenvalue weighted by atomic mass is 16.6. The summed E-state index contributed by atoms with van der Waals surface area (Å²) in [6.07, 6.45) is 0.671. The van der Waals surface area contributed by atoms with Crippen molar-refractivity contribution in [1.82, 2.24) is 15.1 Å². The Hall–Kier alpha value is -2.34. The highest BCUT2D eigenvalue weighted by Crippen LogP contribution is 2.33. The van der Waals surface area contributed by atoms with Gasteiger partial charge in [-0.05, 0) is 26.3 Å². The van der Waals surface area contributed by atoms with Gasteiger partial charge in [-0.3, -0.25) is 0 Å². The molecule has 6 heteroatoms. The number of hydrogen-bond donors (Lipinski definition) is 2. The number of ether oxygens (including phenoxy) is 1. The molecular weight excluding hydrogens is 306 g/mol. The van der Waals surface area contributed by atoms with E-state index in [1.165, 1.54) is 0 Å². The summed E-state index contributed by atoms with van der Waals surface area (Å²) in [6.45, 7) is 6.56. The third kappa shape index (κ3) is 3.43. The first-order valence-corrected chi connectivity index (χ1v) is 8.14. The number of hydrogen-bond acceptors (Lipinski definition) is 5. The number of fused-ring (bicyclic) bond motifs is 1. The number of carbonyl (C=O) groups is 1. The van der Waals surface area contributed by atoms with Crippen LogP contribution in [-0.2, 0) is 22.5 Å². The maximum Gasteiger partial charge on any atom is 0.328 e. The van der Waals surface area contributed by atoms with Crippen LogP contribution in [0.2, 0.25) is 0 Å². The van der Waals surface area contributed by atoms with Crippen LogP contribution in [0.15, 0.2) is 30.3 Å². The Morgan fingerprint density at radius 2 is 2.08 bits per heavy atom. The van der Waals surface area contributed by atoms with Gasteiger partial charge in [0.05, 0.1) is 17.8 Å². The molecule has 0 saturated heterocycles. The van der Waals surface area contributed by atoms with Gasteiger partial charge in [0, 0.05) is 13.0 Å². The molecule has 1 atom stereocenters. The lowest BCUT2D eigenvalue weighted by Crippen LogP contribution is -2.38. The SMILES string of the molecule is CC(C)(C)OC(=O)C1NCCc2nn(Cc3ccccc3)c(O)c21. The van der Waals surface area contributed by atoms with Crippen LogP contribution in [0.4, 0.5) is 0 Å². The van der Waals surface area contributed by atoms with E-state index in [0.717, 1.165) is 11.3 Å². The van der Waals surface area contributed by atoms with Crippen molar-refractivity contribution < 1.29 is 14.6 Å². The number of aromatic hydroxyl groups is 1. The first-order valence-electron chi connectivity index (χ1n) is 8.14. The Labute approximate surface area is 141 Å². The normalized spacial score (nSPS) is 17.4. The maximum absolute atomic E-state index is 12.5. The molecule has 2 N–H and O–H groups in total. The molecule has 0 bridgehead atoms. The molecule has 1 aliphatic heterocycles. The molecule has 0 saturated carbocycles. The Kier molecular flexibility index (Phi) is 4.32. The van der Waals surface area contributed by atoms with Crippen molar-refractivity contribution in [2.24, 2.45) is 0 Å². The molecular formula is C18H23N3O3. The number of esters is 1. The van der Waals surface area contributed by atoms with Crippen molar-refractivity contribution in [3.05, 3.63) is 47.2 Å². The van der Waals surface area contributed by atoms with Crippen molar-refractivity contribution in [2.45, 2.75) is 45.4 Å². The summed E-state index contributed by atoms with van der Waals surface area (Å²) in [5, 5.41) is 18.2. The number of carbonyl (C=O) groups excluding carboxylic acids is 1. The minimum atomic E-state index is -0.683. The van der Waals surface area contributed by atoms with Crippen LogP contribution in [0, 0.1) is 0 Å². The molecule has 0 aliphatic carbocycles. The van der Waals surface area contributed by atoms with Gasteiger partial charge >= 0.3 is 5.97 Å². The fourth-order valence-corrected chi connectivity index (χ4v) is 2.86. The molecule has 3 rings (SSSR count). The second-order valence-corrected chi connectivity index (χ2v) is 7.00. The Balaban J connectivity index is 1.89. The monoisotopic (exact) mass is 329 g/mol. The summed E-state index contributed by atoms with van der Waals surface area (Å²) >= 11 is 0. The van der Waals surface area contributed by atoms with Crippen molar-refractivity contribution in [3.8, 4) is 5.88 Å². The molecule has 128 valence electrons. The van der Waals surface area contributed by atoms with E-state index in [-0.39, 0.29) is 5.88 Å². The van der Waals surface area contributed by atoms with Gasteiger partial charge in [-0.15, -0.1) is 0 Å². The lowest BCUT2D eigenvalue weighted by atomic mass is 10.0. The molecule has 2 heterocycles. The van der Waals surface area contributed by atoms with Crippen LogP contribution in [0.1, 0.15) is 43.6 Å². The third-order valence-corrected chi connectivity index (χ3v) is 3.85. The summed E-state index contributed by atoms with van der Waals surface area (Å²) in [7, 11) is 0. The average molecular weight is 329 g/mol. The van der Waals surface area contributed by atoms with E-state index >= 15 is 0 Å². The molecule has 24 heavy (non-hydrogen) atoms. The molecule has 1 aromatic heterocycles. The fraction of sp³-hybridized carbons (Fsp3) is 0.444. The van der Waals surface area contributed by atoms with Gasteiger partial charge in [0.2, 0.25) is 5.88 Å². The zero-order valence-corrected chi connectivity index (χ0v) is 14.2. The first kappa shape index (κ1) is 16.5. The van der Waals surface area contributed by atoms with Gasteiger partial charge in [0.15, 0.2) is 0 Å². The molecule has 1 aliphatic rings. The minimum Gasteiger partial charge on any atom is -0.493 e. The highest BCUT2D eigenvalue weighted by Gasteiger charge is 2.35. The number of benzene rings is 1. The van der Waals surface area contributed by atoms with Crippen LogP contribution in [-0.4, -0.2) is 33.0 Å². The minimum absolute atomic E-state index is 0.0249. The molecule has 6 nitrogen and oxygen atoms in total. The lowest BCUT2D eigenvalue weighted by molar-refractivity contribution is -0.157. The van der Waals surface area contributed by atoms with Crippen LogP contribution >= 0.6 is 0 Å². The van der Waals surface area contributed by atoms with E-state index in [9.17, 15) is 9.90 Å². The third-order valence-electron chi connectivity index (χ3n) is 3.85. The molecule has 1 aromatic carbocycles. The molecule has 0 fully saturated rings. The predicted octanol–water partition coefficient (Wildman–Crippen LogP) is 2.17. The topological polar surface area (TPSA) is 76.4 Å². The lowest BCUT2D eigenvalue weighted by Gasteiger charge is -2.26. The zero-order valence-electron chi connectivity index (χ0n) is 14.2. The largest absolute Gasteiger partial charge is 0.493 e. The van der Waals surface area contributed by atoms with Crippen LogP contribution in [0.25, 0.3) is 0 Å². The van der Waals surface area contributed by atoms with E-state index in [0.29, 0.717) is 25.1 Å². The van der Waals surface area contributed by atoms with Crippen LogP contribution in [0.5, 0.6) is 5.88 Å². The van der Waals surface area contributed by atoms with Crippen LogP contribution < -0.4 is 5.32 Å². The fourth-order valence-electron chi connectivity index (χ4n) is 2.86. The van der Waals surface area contributed by atoms with E-state index in [1.807, 2.05) is 51.1 Å². The molecule has 0 amide bonds. The quantitative estimate of drug-likeness (QED) is 0.844. The van der Waals surface area contributed by atoms with Gasteiger partial charge in [-0.1, -0.05) is 30.3 Å². The van der Waals surface area contributed by atoms with Crippen molar-refractivity contribution >= 4 is 5.97 Å². The summed E-state index contributed by atoms with van der Waals surface area (Å²) in [4.78, 5) is 12.5. The second-order valence-electron chi connectivity index (χ2n) is 7.00. The van der Waals surface area contributed by atoms with Crippen molar-refractivity contribution in [1.29, 1.82) is 0 Å². The Morgan fingerprint density at radius 1 is 1.38 bits per heavy atom. The Morgan fingerprint density at radius 3 is 2.75 bits per heavy atom. The zero-order chi connectivity index (χ0) is 17.3. The second kappa shape index (κ2) is 6.28. The van der Waals surface area contributed by atoms with Crippen molar-refractivity contribution in [2.75, 3.05) is 6.54 Å². The summed E-state index contributed by atoms with van der Waals surface area (Å²) in [5.74, 6) is -0.366. The molecule has 1 unspecified atom stereocenters. The highest BCUT2D eigenvalue weighted by molar-refractivity contribution is 5.79. The first-order chi connectivity index (χ1) is 11.3. The number of rotatable bonds is 3. The number of aromatic nitrogens is 2. The molecule has 0 radical (unpaired) electrons. The predicted molar refractivity (Wildman–Crippen MR) is 89.7 cm³/mol. The van der Waals surface area contributed by atoms with E-state index < -0.39 is 17.6 Å². The molecule has 0 spiro atoms. The standard InChI is InChI=1S/C18H23N3O3/c1-18(2,3)24-17(23)15-14-13(9-10-19-15)20-21(16(14)22)11-12-7-5-4-6-8-12/h4-8,15,19,22H,9-11H2,1-3H3. The smallest absolute Gasteiger partial charge is 0.328 e. The molecule has 2 aromatic rings. The van der Waals surface area contributed by atoms with E-state index in [4.69, 9.17) is 4.74 Å².